The molecule has 4 rings (SSSR count). The van der Waals surface area contributed by atoms with E-state index in [1.807, 2.05) is 0 Å². The van der Waals surface area contributed by atoms with Crippen molar-refractivity contribution in [3.05, 3.63) is 59.7 Å². The maximum absolute atomic E-state index is 13.8. The molecule has 0 unspecified atom stereocenters. The Morgan fingerprint density at radius 1 is 1.00 bits per heavy atom. The van der Waals surface area contributed by atoms with E-state index in [2.05, 4.69) is 4.98 Å². The van der Waals surface area contributed by atoms with Crippen molar-refractivity contribution in [2.45, 2.75) is 0 Å². The molecule has 4 nitrogen and oxygen atoms in total. The number of ketones is 2. The Kier molecular flexibility index (Phi) is 1.99. The molecule has 1 aliphatic carbocycles. The number of imidazole rings is 1. The van der Waals surface area contributed by atoms with Crippen molar-refractivity contribution in [1.82, 2.24) is 9.38 Å². The molecule has 2 heterocycles. The predicted octanol–water partition coefficient (Wildman–Crippen LogP) is 2.52. The fourth-order valence-electron chi connectivity index (χ4n) is 2.57. The summed E-state index contributed by atoms with van der Waals surface area (Å²) < 4.78 is 15.4. The van der Waals surface area contributed by atoms with Gasteiger partial charge in [0.15, 0.2) is 0 Å². The van der Waals surface area contributed by atoms with Crippen molar-refractivity contribution in [3.63, 3.8) is 0 Å². The van der Waals surface area contributed by atoms with Gasteiger partial charge >= 0.3 is 0 Å². The number of rotatable bonds is 0. The minimum atomic E-state index is -0.823. The van der Waals surface area contributed by atoms with Crippen LogP contribution in [0.25, 0.3) is 16.9 Å². The number of fused-ring (bicyclic) bond motifs is 5. The molecule has 2 aromatic heterocycles. The normalized spacial score (nSPS) is 13.4. The summed E-state index contributed by atoms with van der Waals surface area (Å²) in [6.45, 7) is 0. The number of nitrogens with zero attached hydrogens (tertiary/aromatic N) is 2. The molecule has 96 valence electrons. The molecule has 5 heteroatoms. The number of carbonyl (C=O) groups is 2. The first kappa shape index (κ1) is 11.0. The summed E-state index contributed by atoms with van der Waals surface area (Å²) in [6, 6.07) is 9.54. The summed E-state index contributed by atoms with van der Waals surface area (Å²) in [6.07, 6.45) is 1.66. The number of hydrogen-bond donors (Lipinski definition) is 0. The van der Waals surface area contributed by atoms with Crippen LogP contribution < -0.4 is 0 Å². The zero-order valence-electron chi connectivity index (χ0n) is 10.1. The van der Waals surface area contributed by atoms with Crippen LogP contribution in [0.5, 0.6) is 0 Å². The van der Waals surface area contributed by atoms with E-state index in [4.69, 9.17) is 0 Å². The average molecular weight is 266 g/mol. The largest absolute Gasteiger partial charge is 0.296 e. The van der Waals surface area contributed by atoms with Gasteiger partial charge in [0.2, 0.25) is 5.78 Å². The number of aromatic nitrogens is 2. The summed E-state index contributed by atoms with van der Waals surface area (Å²) in [5.74, 6) is -2.24. The fourth-order valence-corrected chi connectivity index (χ4v) is 2.57. The quantitative estimate of drug-likeness (QED) is 0.587. The lowest BCUT2D eigenvalue weighted by Gasteiger charge is -2.14. The van der Waals surface area contributed by atoms with Crippen molar-refractivity contribution in [1.29, 1.82) is 0 Å². The molecule has 0 radical (unpaired) electrons. The minimum Gasteiger partial charge on any atom is -0.296 e. The smallest absolute Gasteiger partial charge is 0.252 e. The molecular formula is C15H7FN2O2. The summed E-state index contributed by atoms with van der Waals surface area (Å²) in [5.41, 5.74) is 1.29. The molecule has 0 aliphatic heterocycles. The molecule has 20 heavy (non-hydrogen) atoms. The lowest BCUT2D eigenvalue weighted by Crippen LogP contribution is -2.23. The molecule has 3 aromatic rings. The second kappa shape index (κ2) is 3.60. The van der Waals surface area contributed by atoms with E-state index in [-0.39, 0.29) is 11.3 Å². The van der Waals surface area contributed by atoms with E-state index >= 15 is 0 Å². The highest BCUT2D eigenvalue weighted by Gasteiger charge is 2.36. The first-order chi connectivity index (χ1) is 9.68. The zero-order chi connectivity index (χ0) is 13.9. The standard InChI is InChI=1S/C15H7FN2O2/c16-9-5-3-4-8-11(9)14(19)15(20)13-12(8)17-10-6-1-2-7-18(10)13/h1-7H. The van der Waals surface area contributed by atoms with Crippen molar-refractivity contribution in [2.75, 3.05) is 0 Å². The van der Waals surface area contributed by atoms with Gasteiger partial charge in [-0.15, -0.1) is 0 Å². The third kappa shape index (κ3) is 1.21. The van der Waals surface area contributed by atoms with Gasteiger partial charge in [-0.3, -0.25) is 14.0 Å². The fraction of sp³-hybridized carbons (Fsp3) is 0. The van der Waals surface area contributed by atoms with Gasteiger partial charge in [-0.2, -0.15) is 0 Å². The minimum absolute atomic E-state index is 0.187. The highest BCUT2D eigenvalue weighted by Crippen LogP contribution is 2.34. The van der Waals surface area contributed by atoms with Crippen LogP contribution in [0, 0.1) is 5.82 Å². The van der Waals surface area contributed by atoms with Crippen molar-refractivity contribution < 1.29 is 14.0 Å². The Morgan fingerprint density at radius 3 is 2.70 bits per heavy atom. The molecule has 1 aromatic carbocycles. The average Bonchev–Trinajstić information content (AvgIpc) is 2.84. The zero-order valence-corrected chi connectivity index (χ0v) is 10.1. The van der Waals surface area contributed by atoms with Gasteiger partial charge in [-0.1, -0.05) is 18.2 Å². The Balaban J connectivity index is 2.20. The Morgan fingerprint density at radius 2 is 1.85 bits per heavy atom. The monoisotopic (exact) mass is 266 g/mol. The van der Waals surface area contributed by atoms with Crippen LogP contribution in [0.3, 0.4) is 0 Å². The molecule has 0 amide bonds. The number of Topliss-reactive ketones (excluding diaryl/α,β-unsaturated/α-hetero) is 2. The summed E-state index contributed by atoms with van der Waals surface area (Å²) in [4.78, 5) is 28.7. The molecule has 0 saturated heterocycles. The van der Waals surface area contributed by atoms with E-state index in [1.54, 1.807) is 34.9 Å². The second-order valence-electron chi connectivity index (χ2n) is 4.56. The highest BCUT2D eigenvalue weighted by atomic mass is 19.1. The van der Waals surface area contributed by atoms with E-state index in [0.717, 1.165) is 0 Å². The van der Waals surface area contributed by atoms with Crippen molar-refractivity contribution in [2.24, 2.45) is 0 Å². The van der Waals surface area contributed by atoms with E-state index in [9.17, 15) is 14.0 Å². The van der Waals surface area contributed by atoms with Crippen LogP contribution in [0.2, 0.25) is 0 Å². The molecule has 1 aliphatic rings. The Bertz CT molecular complexity index is 911. The molecule has 0 spiro atoms. The van der Waals surface area contributed by atoms with Gasteiger partial charge in [0.25, 0.3) is 5.78 Å². The lowest BCUT2D eigenvalue weighted by molar-refractivity contribution is 0.0809. The number of carbonyl (C=O) groups excluding carboxylic acids is 2. The molecule has 0 bridgehead atoms. The molecule has 0 atom stereocenters. The molecule has 0 N–H and O–H groups in total. The van der Waals surface area contributed by atoms with Gasteiger partial charge in [0.05, 0.1) is 5.56 Å². The maximum Gasteiger partial charge on any atom is 0.252 e. The molecule has 0 saturated carbocycles. The number of pyridine rings is 1. The number of hydrogen-bond acceptors (Lipinski definition) is 3. The third-order valence-corrected chi connectivity index (χ3v) is 3.45. The second-order valence-corrected chi connectivity index (χ2v) is 4.56. The van der Waals surface area contributed by atoms with Crippen LogP contribution in [0.4, 0.5) is 4.39 Å². The first-order valence-corrected chi connectivity index (χ1v) is 6.03. The van der Waals surface area contributed by atoms with Crippen LogP contribution >= 0.6 is 0 Å². The summed E-state index contributed by atoms with van der Waals surface area (Å²) in [5, 5.41) is 0. The topological polar surface area (TPSA) is 51.4 Å². The number of halogens is 1. The summed E-state index contributed by atoms with van der Waals surface area (Å²) in [7, 11) is 0. The third-order valence-electron chi connectivity index (χ3n) is 3.45. The van der Waals surface area contributed by atoms with Crippen LogP contribution in [-0.2, 0) is 0 Å². The van der Waals surface area contributed by atoms with Gasteiger partial charge in [0, 0.05) is 11.8 Å². The highest BCUT2D eigenvalue weighted by molar-refractivity contribution is 6.52. The molecule has 0 fully saturated rings. The van der Waals surface area contributed by atoms with E-state index in [0.29, 0.717) is 16.9 Å². The van der Waals surface area contributed by atoms with Gasteiger partial charge in [0.1, 0.15) is 22.9 Å². The SMILES string of the molecule is O=C1C(=O)c2c(nc3ccccn23)-c2cccc(F)c21. The summed E-state index contributed by atoms with van der Waals surface area (Å²) >= 11 is 0. The predicted molar refractivity (Wildman–Crippen MR) is 69.2 cm³/mol. The first-order valence-electron chi connectivity index (χ1n) is 6.03. The lowest BCUT2D eigenvalue weighted by atomic mass is 9.90. The van der Waals surface area contributed by atoms with Crippen LogP contribution in [0.15, 0.2) is 42.6 Å². The van der Waals surface area contributed by atoms with Crippen molar-refractivity contribution in [3.8, 4) is 11.3 Å². The van der Waals surface area contributed by atoms with E-state index < -0.39 is 17.4 Å². The van der Waals surface area contributed by atoms with Crippen molar-refractivity contribution >= 4 is 17.2 Å². The van der Waals surface area contributed by atoms with Gasteiger partial charge < -0.3 is 0 Å². The Hall–Kier alpha value is -2.82. The maximum atomic E-state index is 13.8. The van der Waals surface area contributed by atoms with Gasteiger partial charge in [-0.25, -0.2) is 9.37 Å². The van der Waals surface area contributed by atoms with Crippen LogP contribution in [0.1, 0.15) is 20.8 Å². The van der Waals surface area contributed by atoms with E-state index in [1.165, 1.54) is 12.1 Å². The Labute approximate surface area is 112 Å². The molecular weight excluding hydrogens is 259 g/mol. The van der Waals surface area contributed by atoms with Gasteiger partial charge in [-0.05, 0) is 18.2 Å². The number of benzene rings is 1. The van der Waals surface area contributed by atoms with Crippen LogP contribution in [-0.4, -0.2) is 21.0 Å².